The highest BCUT2D eigenvalue weighted by atomic mass is 79.9. The molecule has 1 heterocycles. The fraction of sp³-hybridized carbons (Fsp3) is 0.118. The van der Waals surface area contributed by atoms with Crippen LogP contribution < -0.4 is 0 Å². The number of hydrogen-bond donors (Lipinski definition) is 0. The van der Waals surface area contributed by atoms with Crippen LogP contribution in [0.3, 0.4) is 0 Å². The van der Waals surface area contributed by atoms with Crippen molar-refractivity contribution in [2.24, 2.45) is 0 Å². The first-order chi connectivity index (χ1) is 10.1. The van der Waals surface area contributed by atoms with Crippen LogP contribution in [-0.4, -0.2) is 4.98 Å². The van der Waals surface area contributed by atoms with Gasteiger partial charge in [-0.2, -0.15) is 0 Å². The maximum absolute atomic E-state index is 13.6. The van der Waals surface area contributed by atoms with Crippen LogP contribution in [0, 0.1) is 5.82 Å². The van der Waals surface area contributed by atoms with E-state index in [4.69, 9.17) is 11.6 Å². The van der Waals surface area contributed by atoms with E-state index in [-0.39, 0.29) is 11.2 Å². The van der Waals surface area contributed by atoms with E-state index in [1.807, 2.05) is 42.5 Å². The summed E-state index contributed by atoms with van der Waals surface area (Å²) in [6.45, 7) is 0. The number of halogens is 3. The van der Waals surface area contributed by atoms with Gasteiger partial charge in [0, 0.05) is 17.5 Å². The van der Waals surface area contributed by atoms with Crippen molar-refractivity contribution in [2.75, 3.05) is 0 Å². The molecule has 1 unspecified atom stereocenters. The third-order valence-corrected chi connectivity index (χ3v) is 4.59. The Labute approximate surface area is 135 Å². The lowest BCUT2D eigenvalue weighted by molar-refractivity contribution is 0.617. The van der Waals surface area contributed by atoms with Crippen LogP contribution in [0.1, 0.15) is 16.6 Å². The first-order valence-electron chi connectivity index (χ1n) is 6.58. The lowest BCUT2D eigenvalue weighted by atomic mass is 10.1. The number of para-hydroxylation sites is 1. The molecule has 21 heavy (non-hydrogen) atoms. The first kappa shape index (κ1) is 14.5. The van der Waals surface area contributed by atoms with E-state index >= 15 is 0 Å². The van der Waals surface area contributed by atoms with Crippen LogP contribution in [0.5, 0.6) is 0 Å². The van der Waals surface area contributed by atoms with E-state index in [1.54, 1.807) is 6.07 Å². The summed E-state index contributed by atoms with van der Waals surface area (Å²) in [7, 11) is 0. The highest BCUT2D eigenvalue weighted by molar-refractivity contribution is 9.10. The van der Waals surface area contributed by atoms with Gasteiger partial charge in [-0.3, -0.25) is 4.98 Å². The number of pyridine rings is 1. The van der Waals surface area contributed by atoms with E-state index in [2.05, 4.69) is 20.9 Å². The maximum Gasteiger partial charge on any atom is 0.137 e. The first-order valence-corrected chi connectivity index (χ1v) is 7.81. The third kappa shape index (κ3) is 3.09. The SMILES string of the molecule is Fc1cccc(C(Cl)Cc2ccc3ccccc3n2)c1Br. The Bertz CT molecular complexity index is 791. The monoisotopic (exact) mass is 363 g/mol. The van der Waals surface area contributed by atoms with Crippen molar-refractivity contribution in [2.45, 2.75) is 11.8 Å². The number of hydrogen-bond acceptors (Lipinski definition) is 1. The molecule has 2 aromatic carbocycles. The molecule has 0 fully saturated rings. The minimum atomic E-state index is -0.330. The predicted molar refractivity (Wildman–Crippen MR) is 88.1 cm³/mol. The summed E-state index contributed by atoms with van der Waals surface area (Å²) in [5.74, 6) is -0.301. The van der Waals surface area contributed by atoms with Crippen LogP contribution in [0.15, 0.2) is 59.1 Å². The molecule has 0 aliphatic rings. The Kier molecular flexibility index (Phi) is 4.22. The second-order valence-electron chi connectivity index (χ2n) is 4.81. The van der Waals surface area contributed by atoms with E-state index < -0.39 is 0 Å². The topological polar surface area (TPSA) is 12.9 Å². The van der Waals surface area contributed by atoms with Gasteiger partial charge < -0.3 is 0 Å². The summed E-state index contributed by atoms with van der Waals surface area (Å²) in [5, 5.41) is 0.767. The van der Waals surface area contributed by atoms with Crippen molar-refractivity contribution in [3.63, 3.8) is 0 Å². The van der Waals surface area contributed by atoms with Crippen LogP contribution >= 0.6 is 27.5 Å². The van der Waals surface area contributed by atoms with Crippen molar-refractivity contribution < 1.29 is 4.39 Å². The summed E-state index contributed by atoms with van der Waals surface area (Å²) < 4.78 is 14.0. The molecular formula is C17H12BrClFN. The molecule has 3 aromatic rings. The second kappa shape index (κ2) is 6.12. The lowest BCUT2D eigenvalue weighted by Gasteiger charge is -2.12. The van der Waals surface area contributed by atoms with Crippen molar-refractivity contribution in [3.05, 3.63) is 76.1 Å². The maximum atomic E-state index is 13.6. The minimum Gasteiger partial charge on any atom is -0.253 e. The molecule has 0 radical (unpaired) electrons. The Morgan fingerprint density at radius 3 is 2.71 bits per heavy atom. The van der Waals surface area contributed by atoms with Gasteiger partial charge in [-0.05, 0) is 39.7 Å². The third-order valence-electron chi connectivity index (χ3n) is 3.36. The number of rotatable bonds is 3. The van der Waals surface area contributed by atoms with Crippen LogP contribution in [-0.2, 0) is 6.42 Å². The second-order valence-corrected chi connectivity index (χ2v) is 6.13. The summed E-state index contributed by atoms with van der Waals surface area (Å²) in [6, 6.07) is 16.8. The zero-order valence-corrected chi connectivity index (χ0v) is 13.4. The molecule has 0 bridgehead atoms. The summed E-state index contributed by atoms with van der Waals surface area (Å²) >= 11 is 9.69. The predicted octanol–water partition coefficient (Wildman–Crippen LogP) is 5.66. The largest absolute Gasteiger partial charge is 0.253 e. The quantitative estimate of drug-likeness (QED) is 0.547. The van der Waals surface area contributed by atoms with Crippen molar-refractivity contribution >= 4 is 38.4 Å². The van der Waals surface area contributed by atoms with E-state index in [0.29, 0.717) is 10.9 Å². The molecule has 1 atom stereocenters. The molecule has 0 saturated carbocycles. The standard InChI is InChI=1S/C17H12BrClFN/c18-17-13(5-3-6-15(17)20)14(19)10-12-9-8-11-4-1-2-7-16(11)21-12/h1-9,14H,10H2. The highest BCUT2D eigenvalue weighted by Gasteiger charge is 2.15. The van der Waals surface area contributed by atoms with Gasteiger partial charge in [-0.25, -0.2) is 4.39 Å². The van der Waals surface area contributed by atoms with E-state index in [9.17, 15) is 4.39 Å². The molecule has 1 nitrogen and oxygen atoms in total. The normalized spacial score (nSPS) is 12.5. The fourth-order valence-electron chi connectivity index (χ4n) is 2.28. The van der Waals surface area contributed by atoms with Gasteiger partial charge in [0.05, 0.1) is 15.4 Å². The number of alkyl halides is 1. The smallest absolute Gasteiger partial charge is 0.137 e. The molecule has 3 rings (SSSR count). The summed E-state index contributed by atoms with van der Waals surface area (Å²) in [6.07, 6.45) is 0.550. The molecule has 0 spiro atoms. The molecule has 1 aromatic heterocycles. The average Bonchev–Trinajstić information content (AvgIpc) is 2.50. The van der Waals surface area contributed by atoms with Gasteiger partial charge in [-0.1, -0.05) is 36.4 Å². The molecule has 0 saturated heterocycles. The van der Waals surface area contributed by atoms with E-state index in [0.717, 1.165) is 22.2 Å². The number of benzene rings is 2. The van der Waals surface area contributed by atoms with Crippen molar-refractivity contribution in [3.8, 4) is 0 Å². The number of nitrogens with zero attached hydrogens (tertiary/aromatic N) is 1. The van der Waals surface area contributed by atoms with Crippen molar-refractivity contribution in [1.29, 1.82) is 0 Å². The Hall–Kier alpha value is -1.45. The highest BCUT2D eigenvalue weighted by Crippen LogP contribution is 2.32. The van der Waals surface area contributed by atoms with Crippen LogP contribution in [0.25, 0.3) is 10.9 Å². The van der Waals surface area contributed by atoms with E-state index in [1.165, 1.54) is 6.07 Å². The average molecular weight is 365 g/mol. The molecule has 0 amide bonds. The number of fused-ring (bicyclic) bond motifs is 1. The van der Waals surface area contributed by atoms with Gasteiger partial charge >= 0.3 is 0 Å². The Morgan fingerprint density at radius 2 is 1.86 bits per heavy atom. The molecule has 106 valence electrons. The Balaban J connectivity index is 1.89. The lowest BCUT2D eigenvalue weighted by Crippen LogP contribution is -2.00. The molecule has 0 N–H and O–H groups in total. The minimum absolute atomic E-state index is 0.301. The molecule has 4 heteroatoms. The van der Waals surface area contributed by atoms with Crippen LogP contribution in [0.2, 0.25) is 0 Å². The van der Waals surface area contributed by atoms with Crippen LogP contribution in [0.4, 0.5) is 4.39 Å². The van der Waals surface area contributed by atoms with Gasteiger partial charge in [-0.15, -0.1) is 11.6 Å². The van der Waals surface area contributed by atoms with Gasteiger partial charge in [0.2, 0.25) is 0 Å². The van der Waals surface area contributed by atoms with Gasteiger partial charge in [0.25, 0.3) is 0 Å². The zero-order chi connectivity index (χ0) is 14.8. The van der Waals surface area contributed by atoms with Gasteiger partial charge in [0.15, 0.2) is 0 Å². The zero-order valence-electron chi connectivity index (χ0n) is 11.1. The Morgan fingerprint density at radius 1 is 1.05 bits per heavy atom. The molecule has 0 aliphatic carbocycles. The summed E-state index contributed by atoms with van der Waals surface area (Å²) in [4.78, 5) is 4.60. The van der Waals surface area contributed by atoms with Gasteiger partial charge in [0.1, 0.15) is 5.82 Å². The number of aromatic nitrogens is 1. The van der Waals surface area contributed by atoms with Crippen molar-refractivity contribution in [1.82, 2.24) is 4.98 Å². The molecular weight excluding hydrogens is 353 g/mol. The fourth-order valence-corrected chi connectivity index (χ4v) is 3.29. The summed E-state index contributed by atoms with van der Waals surface area (Å²) in [5.41, 5.74) is 2.58. The molecule has 0 aliphatic heterocycles.